The molecule has 5 nitrogen and oxygen atoms in total. The number of hydrogen-bond donors (Lipinski definition) is 1. The molecule has 1 N–H and O–H groups in total. The van der Waals surface area contributed by atoms with Crippen LogP contribution in [0, 0.1) is 5.92 Å². The Morgan fingerprint density at radius 1 is 1.63 bits per heavy atom. The molecule has 1 aliphatic heterocycles. The van der Waals surface area contributed by atoms with Crippen LogP contribution in [0.3, 0.4) is 0 Å². The summed E-state index contributed by atoms with van der Waals surface area (Å²) in [4.78, 5) is 22.0. The number of aromatic nitrogens is 2. The molecular formula is C13H20N4OS. The quantitative estimate of drug-likeness (QED) is 0.670. The highest BCUT2D eigenvalue weighted by Crippen LogP contribution is 2.22. The molecular weight excluding hydrogens is 260 g/mol. The van der Waals surface area contributed by atoms with Crippen molar-refractivity contribution < 1.29 is 4.79 Å². The van der Waals surface area contributed by atoms with E-state index < -0.39 is 0 Å². The number of carbonyl (C=O) groups is 1. The summed E-state index contributed by atoms with van der Waals surface area (Å²) < 4.78 is 0. The summed E-state index contributed by atoms with van der Waals surface area (Å²) in [6, 6.07) is 1.96. The molecule has 1 atom stereocenters. The van der Waals surface area contributed by atoms with Crippen LogP contribution in [0.15, 0.2) is 17.4 Å². The van der Waals surface area contributed by atoms with Gasteiger partial charge in [0.1, 0.15) is 5.82 Å². The van der Waals surface area contributed by atoms with Crippen LogP contribution >= 0.6 is 11.8 Å². The SMILES string of the molecule is CSc1nccc(N2CCC[C@@H](CNC(C)=O)C2)n1. The van der Waals surface area contributed by atoms with Gasteiger partial charge in [0.25, 0.3) is 0 Å². The fraction of sp³-hybridized carbons (Fsp3) is 0.615. The summed E-state index contributed by atoms with van der Waals surface area (Å²) in [5, 5.41) is 3.71. The minimum absolute atomic E-state index is 0.0452. The number of piperidine rings is 1. The predicted molar refractivity (Wildman–Crippen MR) is 77.4 cm³/mol. The first-order valence-corrected chi connectivity index (χ1v) is 7.78. The van der Waals surface area contributed by atoms with E-state index in [4.69, 9.17) is 0 Å². The number of thioether (sulfide) groups is 1. The maximum absolute atomic E-state index is 11.0. The minimum Gasteiger partial charge on any atom is -0.356 e. The zero-order valence-corrected chi connectivity index (χ0v) is 12.2. The van der Waals surface area contributed by atoms with Crippen molar-refractivity contribution >= 4 is 23.5 Å². The molecule has 2 heterocycles. The molecule has 1 fully saturated rings. The number of hydrogen-bond acceptors (Lipinski definition) is 5. The van der Waals surface area contributed by atoms with Gasteiger partial charge >= 0.3 is 0 Å². The molecule has 0 aliphatic carbocycles. The first-order chi connectivity index (χ1) is 9.19. The zero-order valence-electron chi connectivity index (χ0n) is 11.4. The van der Waals surface area contributed by atoms with Gasteiger partial charge in [-0.2, -0.15) is 0 Å². The Morgan fingerprint density at radius 2 is 2.47 bits per heavy atom. The van der Waals surface area contributed by atoms with E-state index in [0.29, 0.717) is 5.92 Å². The Balaban J connectivity index is 1.97. The van der Waals surface area contributed by atoms with Gasteiger partial charge in [-0.3, -0.25) is 4.79 Å². The summed E-state index contributed by atoms with van der Waals surface area (Å²) in [7, 11) is 0. The summed E-state index contributed by atoms with van der Waals surface area (Å²) in [5.74, 6) is 1.54. The molecule has 1 saturated heterocycles. The van der Waals surface area contributed by atoms with Crippen LogP contribution < -0.4 is 10.2 Å². The van der Waals surface area contributed by atoms with E-state index in [2.05, 4.69) is 20.2 Å². The van der Waals surface area contributed by atoms with E-state index in [0.717, 1.165) is 43.5 Å². The predicted octanol–water partition coefficient (Wildman–Crippen LogP) is 1.55. The van der Waals surface area contributed by atoms with E-state index in [-0.39, 0.29) is 5.91 Å². The van der Waals surface area contributed by atoms with E-state index in [1.54, 1.807) is 18.7 Å². The molecule has 1 aromatic rings. The van der Waals surface area contributed by atoms with Crippen LogP contribution in [-0.4, -0.2) is 41.8 Å². The minimum atomic E-state index is 0.0452. The number of nitrogens with one attached hydrogen (secondary N) is 1. The molecule has 1 aromatic heterocycles. The Bertz CT molecular complexity index is 440. The largest absolute Gasteiger partial charge is 0.356 e. The topological polar surface area (TPSA) is 58.1 Å². The maximum atomic E-state index is 11.0. The lowest BCUT2D eigenvalue weighted by Gasteiger charge is -2.33. The Kier molecular flexibility index (Phi) is 5.01. The third-order valence-corrected chi connectivity index (χ3v) is 3.85. The highest BCUT2D eigenvalue weighted by atomic mass is 32.2. The van der Waals surface area contributed by atoms with Crippen molar-refractivity contribution in [3.05, 3.63) is 12.3 Å². The van der Waals surface area contributed by atoms with Crippen LogP contribution in [0.1, 0.15) is 19.8 Å². The number of nitrogens with zero attached hydrogens (tertiary/aromatic N) is 3. The van der Waals surface area contributed by atoms with Crippen molar-refractivity contribution in [2.75, 3.05) is 30.8 Å². The summed E-state index contributed by atoms with van der Waals surface area (Å²) in [5.41, 5.74) is 0. The van der Waals surface area contributed by atoms with Crippen molar-refractivity contribution in [1.29, 1.82) is 0 Å². The van der Waals surface area contributed by atoms with Gasteiger partial charge in [-0.05, 0) is 31.1 Å². The molecule has 0 unspecified atom stereocenters. The van der Waals surface area contributed by atoms with Gasteiger partial charge in [-0.25, -0.2) is 9.97 Å². The molecule has 0 radical (unpaired) electrons. The first kappa shape index (κ1) is 14.1. The normalized spacial score (nSPS) is 19.3. The summed E-state index contributed by atoms with van der Waals surface area (Å²) in [6.07, 6.45) is 6.10. The first-order valence-electron chi connectivity index (χ1n) is 6.55. The van der Waals surface area contributed by atoms with E-state index in [9.17, 15) is 4.79 Å². The highest BCUT2D eigenvalue weighted by molar-refractivity contribution is 7.98. The van der Waals surface area contributed by atoms with Crippen LogP contribution in [0.2, 0.25) is 0 Å². The molecule has 1 amide bonds. The zero-order chi connectivity index (χ0) is 13.7. The van der Waals surface area contributed by atoms with Crippen LogP contribution in [0.25, 0.3) is 0 Å². The molecule has 0 aromatic carbocycles. The lowest BCUT2D eigenvalue weighted by molar-refractivity contribution is -0.119. The standard InChI is InChI=1S/C13H20N4OS/c1-10(18)15-8-11-4-3-7-17(9-11)12-5-6-14-13(16-12)19-2/h5-6,11H,3-4,7-9H2,1-2H3,(H,15,18)/t11-/m0/s1. The maximum Gasteiger partial charge on any atom is 0.216 e. The van der Waals surface area contributed by atoms with Gasteiger partial charge in [0.2, 0.25) is 5.91 Å². The molecule has 19 heavy (non-hydrogen) atoms. The molecule has 0 bridgehead atoms. The van der Waals surface area contributed by atoms with Crippen molar-refractivity contribution in [3.8, 4) is 0 Å². The molecule has 2 rings (SSSR count). The van der Waals surface area contributed by atoms with E-state index >= 15 is 0 Å². The monoisotopic (exact) mass is 280 g/mol. The van der Waals surface area contributed by atoms with Gasteiger partial charge in [0, 0.05) is 32.8 Å². The molecule has 6 heteroatoms. The van der Waals surface area contributed by atoms with Crippen molar-refractivity contribution in [3.63, 3.8) is 0 Å². The number of carbonyl (C=O) groups excluding carboxylic acids is 1. The molecule has 0 spiro atoms. The Morgan fingerprint density at radius 3 is 3.21 bits per heavy atom. The number of amides is 1. The van der Waals surface area contributed by atoms with Crippen molar-refractivity contribution in [2.45, 2.75) is 24.9 Å². The Labute approximate surface area is 118 Å². The molecule has 104 valence electrons. The van der Waals surface area contributed by atoms with Crippen molar-refractivity contribution in [2.24, 2.45) is 5.92 Å². The lowest BCUT2D eigenvalue weighted by atomic mass is 9.98. The van der Waals surface area contributed by atoms with Gasteiger partial charge in [-0.15, -0.1) is 0 Å². The lowest BCUT2D eigenvalue weighted by Crippen LogP contribution is -2.41. The van der Waals surface area contributed by atoms with Gasteiger partial charge < -0.3 is 10.2 Å². The smallest absolute Gasteiger partial charge is 0.216 e. The summed E-state index contributed by atoms with van der Waals surface area (Å²) >= 11 is 1.56. The average molecular weight is 280 g/mol. The highest BCUT2D eigenvalue weighted by Gasteiger charge is 2.21. The van der Waals surface area contributed by atoms with Gasteiger partial charge in [0.15, 0.2) is 5.16 Å². The third-order valence-electron chi connectivity index (χ3n) is 3.28. The van der Waals surface area contributed by atoms with Crippen molar-refractivity contribution in [1.82, 2.24) is 15.3 Å². The summed E-state index contributed by atoms with van der Waals surface area (Å²) in [6.45, 7) is 4.30. The van der Waals surface area contributed by atoms with Crippen LogP contribution in [0.4, 0.5) is 5.82 Å². The second-order valence-electron chi connectivity index (χ2n) is 4.79. The van der Waals surface area contributed by atoms with Gasteiger partial charge in [-0.1, -0.05) is 11.8 Å². The second-order valence-corrected chi connectivity index (χ2v) is 5.57. The molecule has 1 aliphatic rings. The van der Waals surface area contributed by atoms with E-state index in [1.165, 1.54) is 0 Å². The Hall–Kier alpha value is -1.30. The fourth-order valence-corrected chi connectivity index (χ4v) is 2.69. The van der Waals surface area contributed by atoms with Gasteiger partial charge in [0.05, 0.1) is 0 Å². The van der Waals surface area contributed by atoms with Crippen LogP contribution in [-0.2, 0) is 4.79 Å². The van der Waals surface area contributed by atoms with Crippen LogP contribution in [0.5, 0.6) is 0 Å². The fourth-order valence-electron chi connectivity index (χ4n) is 2.33. The average Bonchev–Trinajstić information content (AvgIpc) is 2.45. The van der Waals surface area contributed by atoms with E-state index in [1.807, 2.05) is 18.5 Å². The molecule has 0 saturated carbocycles. The number of rotatable bonds is 4. The number of anilines is 1. The third kappa shape index (κ3) is 4.09. The second kappa shape index (κ2) is 6.75.